The van der Waals surface area contributed by atoms with Crippen molar-refractivity contribution < 1.29 is 9.90 Å². The van der Waals surface area contributed by atoms with Gasteiger partial charge in [0.25, 0.3) is 0 Å². The highest BCUT2D eigenvalue weighted by atomic mass is 16.3. The van der Waals surface area contributed by atoms with Crippen LogP contribution >= 0.6 is 0 Å². The zero-order chi connectivity index (χ0) is 18.1. The average molecular weight is 330 g/mol. The molecule has 0 saturated carbocycles. The molecule has 0 heterocycles. The first kappa shape index (κ1) is 17.1. The SMILES string of the molecule is C=C(C)c1ccc(C2(C(=O)c3ccccc3)C=CC=CC2(C)O)cc1. The quantitative estimate of drug-likeness (QED) is 0.824. The van der Waals surface area contributed by atoms with Crippen molar-refractivity contribution in [2.45, 2.75) is 24.9 Å². The number of carbonyl (C=O) groups is 1. The smallest absolute Gasteiger partial charge is 0.180 e. The number of hydrogen-bond donors (Lipinski definition) is 1. The van der Waals surface area contributed by atoms with Gasteiger partial charge in [-0.3, -0.25) is 4.79 Å². The molecule has 0 amide bonds. The van der Waals surface area contributed by atoms with Crippen LogP contribution in [0.1, 0.15) is 35.3 Å². The predicted molar refractivity (Wildman–Crippen MR) is 103 cm³/mol. The van der Waals surface area contributed by atoms with Crippen LogP contribution in [0.4, 0.5) is 0 Å². The Morgan fingerprint density at radius 1 is 0.920 bits per heavy atom. The lowest BCUT2D eigenvalue weighted by Crippen LogP contribution is -2.53. The summed E-state index contributed by atoms with van der Waals surface area (Å²) in [6.45, 7) is 7.58. The van der Waals surface area contributed by atoms with E-state index in [4.69, 9.17) is 0 Å². The molecule has 2 aromatic rings. The summed E-state index contributed by atoms with van der Waals surface area (Å²) in [5.41, 5.74) is 0.807. The zero-order valence-corrected chi connectivity index (χ0v) is 14.6. The van der Waals surface area contributed by atoms with E-state index < -0.39 is 11.0 Å². The molecule has 2 heteroatoms. The van der Waals surface area contributed by atoms with Gasteiger partial charge in [0.15, 0.2) is 5.78 Å². The topological polar surface area (TPSA) is 37.3 Å². The summed E-state index contributed by atoms with van der Waals surface area (Å²) >= 11 is 0. The summed E-state index contributed by atoms with van der Waals surface area (Å²) in [5.74, 6) is -0.123. The van der Waals surface area contributed by atoms with Crippen molar-refractivity contribution in [3.05, 3.63) is 102 Å². The molecule has 2 nitrogen and oxygen atoms in total. The Morgan fingerprint density at radius 2 is 1.52 bits per heavy atom. The molecule has 126 valence electrons. The zero-order valence-electron chi connectivity index (χ0n) is 14.6. The molecule has 1 N–H and O–H groups in total. The van der Waals surface area contributed by atoms with Crippen LogP contribution in [0.15, 0.2) is 85.5 Å². The van der Waals surface area contributed by atoms with Gasteiger partial charge in [-0.25, -0.2) is 0 Å². The van der Waals surface area contributed by atoms with Crippen molar-refractivity contribution in [1.82, 2.24) is 0 Å². The second kappa shape index (κ2) is 6.30. The van der Waals surface area contributed by atoms with Crippen LogP contribution in [0, 0.1) is 0 Å². The van der Waals surface area contributed by atoms with Gasteiger partial charge in [-0.15, -0.1) is 0 Å². The van der Waals surface area contributed by atoms with Gasteiger partial charge in [0, 0.05) is 5.56 Å². The fourth-order valence-electron chi connectivity index (χ4n) is 3.40. The Bertz CT molecular complexity index is 855. The molecule has 0 radical (unpaired) electrons. The lowest BCUT2D eigenvalue weighted by molar-refractivity contribution is 0.0369. The Kier molecular flexibility index (Phi) is 4.32. The molecule has 0 aliphatic heterocycles. The van der Waals surface area contributed by atoms with Crippen molar-refractivity contribution in [2.24, 2.45) is 0 Å². The molecule has 3 rings (SSSR count). The average Bonchev–Trinajstić information content (AvgIpc) is 2.62. The number of hydrogen-bond acceptors (Lipinski definition) is 2. The lowest BCUT2D eigenvalue weighted by Gasteiger charge is -2.42. The minimum absolute atomic E-state index is 0.123. The van der Waals surface area contributed by atoms with Gasteiger partial charge < -0.3 is 5.11 Å². The molecule has 1 aliphatic carbocycles. The third-order valence-electron chi connectivity index (χ3n) is 4.90. The predicted octanol–water partition coefficient (Wildman–Crippen LogP) is 4.72. The Labute approximate surface area is 148 Å². The van der Waals surface area contributed by atoms with E-state index in [9.17, 15) is 9.90 Å². The highest BCUT2D eigenvalue weighted by Gasteiger charge is 2.52. The van der Waals surface area contributed by atoms with E-state index in [-0.39, 0.29) is 5.78 Å². The van der Waals surface area contributed by atoms with Crippen LogP contribution in [0.5, 0.6) is 0 Å². The maximum Gasteiger partial charge on any atom is 0.180 e. The first-order valence-corrected chi connectivity index (χ1v) is 8.34. The van der Waals surface area contributed by atoms with Gasteiger partial charge in [0.05, 0.1) is 0 Å². The molecule has 1 aliphatic rings. The van der Waals surface area contributed by atoms with Gasteiger partial charge in [-0.05, 0) is 25.0 Å². The summed E-state index contributed by atoms with van der Waals surface area (Å²) in [6, 6.07) is 16.8. The Morgan fingerprint density at radius 3 is 2.08 bits per heavy atom. The fourth-order valence-corrected chi connectivity index (χ4v) is 3.40. The first-order chi connectivity index (χ1) is 11.9. The molecule has 0 saturated heterocycles. The molecule has 0 fully saturated rings. The normalized spacial score (nSPS) is 24.9. The molecular formula is C23H22O2. The molecule has 0 bridgehead atoms. The van der Waals surface area contributed by atoms with Crippen LogP contribution in [-0.2, 0) is 5.41 Å². The molecule has 2 aromatic carbocycles. The van der Waals surface area contributed by atoms with E-state index in [0.29, 0.717) is 5.56 Å². The third-order valence-corrected chi connectivity index (χ3v) is 4.90. The standard InChI is InChI=1S/C23H22O2/c1-17(2)18-11-13-20(14-12-18)23(16-8-7-15-22(23,3)25)21(24)19-9-5-4-6-10-19/h4-16,25H,1H2,2-3H3. The van der Waals surface area contributed by atoms with E-state index in [2.05, 4.69) is 6.58 Å². The van der Waals surface area contributed by atoms with Crippen molar-refractivity contribution in [3.63, 3.8) is 0 Å². The largest absolute Gasteiger partial charge is 0.384 e. The number of Topliss-reactive ketones (excluding diaryl/α,β-unsaturated/α-hetero) is 1. The second-order valence-corrected chi connectivity index (χ2v) is 6.73. The van der Waals surface area contributed by atoms with Crippen molar-refractivity contribution in [3.8, 4) is 0 Å². The highest BCUT2D eigenvalue weighted by molar-refractivity contribution is 6.07. The second-order valence-electron chi connectivity index (χ2n) is 6.73. The van der Waals surface area contributed by atoms with E-state index >= 15 is 0 Å². The van der Waals surface area contributed by atoms with E-state index in [0.717, 1.165) is 16.7 Å². The molecule has 2 atom stereocenters. The van der Waals surface area contributed by atoms with Gasteiger partial charge in [0.1, 0.15) is 11.0 Å². The van der Waals surface area contributed by atoms with Crippen LogP contribution in [0.3, 0.4) is 0 Å². The van der Waals surface area contributed by atoms with Crippen LogP contribution in [0.25, 0.3) is 5.57 Å². The maximum absolute atomic E-state index is 13.5. The minimum atomic E-state index is -1.33. The Hall–Kier alpha value is -2.71. The van der Waals surface area contributed by atoms with Crippen LogP contribution in [0.2, 0.25) is 0 Å². The minimum Gasteiger partial charge on any atom is -0.384 e. The van der Waals surface area contributed by atoms with E-state index in [1.165, 1.54) is 0 Å². The molecule has 0 spiro atoms. The number of ketones is 1. The lowest BCUT2D eigenvalue weighted by atomic mass is 9.62. The summed E-state index contributed by atoms with van der Waals surface area (Å²) in [5, 5.41) is 11.2. The van der Waals surface area contributed by atoms with Crippen molar-refractivity contribution in [1.29, 1.82) is 0 Å². The number of aliphatic hydroxyl groups is 1. The number of carbonyl (C=O) groups excluding carboxylic acids is 1. The van der Waals surface area contributed by atoms with Crippen LogP contribution < -0.4 is 0 Å². The monoisotopic (exact) mass is 330 g/mol. The summed E-state index contributed by atoms with van der Waals surface area (Å²) < 4.78 is 0. The van der Waals surface area contributed by atoms with Crippen LogP contribution in [-0.4, -0.2) is 16.5 Å². The summed E-state index contributed by atoms with van der Waals surface area (Å²) in [6.07, 6.45) is 7.09. The van der Waals surface area contributed by atoms with Gasteiger partial charge in [-0.1, -0.05) is 91.1 Å². The summed E-state index contributed by atoms with van der Waals surface area (Å²) in [7, 11) is 0. The highest BCUT2D eigenvalue weighted by Crippen LogP contribution is 2.43. The molecule has 0 aromatic heterocycles. The number of allylic oxidation sites excluding steroid dienone is 3. The van der Waals surface area contributed by atoms with Gasteiger partial charge in [-0.2, -0.15) is 0 Å². The number of benzene rings is 2. The van der Waals surface area contributed by atoms with Gasteiger partial charge in [0.2, 0.25) is 0 Å². The van der Waals surface area contributed by atoms with E-state index in [1.54, 1.807) is 37.3 Å². The van der Waals surface area contributed by atoms with Crippen molar-refractivity contribution in [2.75, 3.05) is 0 Å². The first-order valence-electron chi connectivity index (χ1n) is 8.34. The fraction of sp³-hybridized carbons (Fsp3) is 0.174. The Balaban J connectivity index is 2.20. The van der Waals surface area contributed by atoms with Crippen molar-refractivity contribution >= 4 is 11.4 Å². The maximum atomic E-state index is 13.5. The number of rotatable bonds is 4. The molecule has 25 heavy (non-hydrogen) atoms. The van der Waals surface area contributed by atoms with E-state index in [1.807, 2.05) is 55.5 Å². The van der Waals surface area contributed by atoms with Gasteiger partial charge >= 0.3 is 0 Å². The molecule has 2 unspecified atom stereocenters. The molecular weight excluding hydrogens is 308 g/mol. The third kappa shape index (κ3) is 2.79. The summed E-state index contributed by atoms with van der Waals surface area (Å²) in [4.78, 5) is 13.5.